The molecule has 2 aromatic rings. The van der Waals surface area contributed by atoms with Gasteiger partial charge in [-0.25, -0.2) is 0 Å². The zero-order chi connectivity index (χ0) is 28.3. The summed E-state index contributed by atoms with van der Waals surface area (Å²) in [5.41, 5.74) is 2.14. The van der Waals surface area contributed by atoms with Crippen molar-refractivity contribution < 1.29 is 28.4 Å². The molecule has 1 saturated heterocycles. The minimum atomic E-state index is -0.622. The van der Waals surface area contributed by atoms with E-state index in [2.05, 4.69) is 20.1 Å². The molecule has 0 aliphatic carbocycles. The van der Waals surface area contributed by atoms with Crippen molar-refractivity contribution in [3.63, 3.8) is 0 Å². The van der Waals surface area contributed by atoms with Gasteiger partial charge < -0.3 is 28.4 Å². The predicted octanol–water partition coefficient (Wildman–Crippen LogP) is 7.03. The van der Waals surface area contributed by atoms with Gasteiger partial charge in [-0.15, -0.1) is 13.2 Å². The van der Waals surface area contributed by atoms with E-state index in [1.54, 1.807) is 12.2 Å². The predicted molar refractivity (Wildman–Crippen MR) is 159 cm³/mol. The highest BCUT2D eigenvalue weighted by atomic mass is 16.7. The van der Waals surface area contributed by atoms with Gasteiger partial charge in [0.2, 0.25) is 0 Å². The molecule has 1 heterocycles. The van der Waals surface area contributed by atoms with E-state index in [9.17, 15) is 0 Å². The van der Waals surface area contributed by atoms with Gasteiger partial charge in [0.1, 0.15) is 24.4 Å². The highest BCUT2D eigenvalue weighted by Crippen LogP contribution is 2.31. The molecule has 220 valence electrons. The van der Waals surface area contributed by atoms with Gasteiger partial charge in [-0.3, -0.25) is 0 Å². The third kappa shape index (κ3) is 11.3. The van der Waals surface area contributed by atoms with Crippen LogP contribution in [0.2, 0.25) is 0 Å². The van der Waals surface area contributed by atoms with Gasteiger partial charge in [-0.1, -0.05) is 112 Å². The number of benzene rings is 2. The SMILES string of the molecule is C=CCOC[C@H]1O[C@H](OCCCCCCCC)[C@H](OCc2ccccc2)[C@@H](OCC=C)[C@H]1OCc1ccccc1. The normalized spacial score (nSPS) is 22.7. The highest BCUT2D eigenvalue weighted by Gasteiger charge is 2.49. The summed E-state index contributed by atoms with van der Waals surface area (Å²) in [5, 5.41) is 0. The lowest BCUT2D eigenvalue weighted by Gasteiger charge is -2.45. The molecule has 1 fully saturated rings. The summed E-state index contributed by atoms with van der Waals surface area (Å²) in [6, 6.07) is 20.2. The van der Waals surface area contributed by atoms with Crippen molar-refractivity contribution in [2.75, 3.05) is 26.4 Å². The molecule has 0 saturated carbocycles. The molecule has 0 unspecified atom stereocenters. The summed E-state index contributed by atoms with van der Waals surface area (Å²) in [5.74, 6) is 0. The van der Waals surface area contributed by atoms with E-state index in [0.29, 0.717) is 39.6 Å². The Hall–Kier alpha value is -2.32. The number of hydrogen-bond acceptors (Lipinski definition) is 6. The van der Waals surface area contributed by atoms with Crippen LogP contribution in [0, 0.1) is 0 Å². The Balaban J connectivity index is 1.78. The molecule has 1 aliphatic rings. The molecule has 0 N–H and O–H groups in total. The first-order valence-electron chi connectivity index (χ1n) is 14.8. The summed E-state index contributed by atoms with van der Waals surface area (Å²) < 4.78 is 38.2. The molecule has 6 heteroatoms. The topological polar surface area (TPSA) is 55.4 Å². The van der Waals surface area contributed by atoms with E-state index in [-0.39, 0.29) is 0 Å². The van der Waals surface area contributed by atoms with Crippen LogP contribution in [0.25, 0.3) is 0 Å². The zero-order valence-electron chi connectivity index (χ0n) is 24.2. The molecular formula is C34H48O6. The standard InChI is InChI=1S/C34H48O6/c1-4-7-8-9-10-17-24-37-34-33(39-26-29-20-15-12-16-21-29)32(36-23-6-3)31(30(40-34)27-35-22-5-2)38-25-28-18-13-11-14-19-28/h5-6,11-16,18-21,30-34H,2-4,7-10,17,22-27H2,1H3/t30-,31+,32+,33-,34+/m1/s1. The monoisotopic (exact) mass is 552 g/mol. The Kier molecular flexibility index (Phi) is 15.9. The van der Waals surface area contributed by atoms with E-state index in [0.717, 1.165) is 24.0 Å². The van der Waals surface area contributed by atoms with Crippen LogP contribution in [0.5, 0.6) is 0 Å². The fourth-order valence-electron chi connectivity index (χ4n) is 4.78. The van der Waals surface area contributed by atoms with E-state index >= 15 is 0 Å². The first-order chi connectivity index (χ1) is 19.8. The first-order valence-corrected chi connectivity index (χ1v) is 14.8. The first kappa shape index (κ1) is 32.2. The molecule has 2 aromatic carbocycles. The van der Waals surface area contributed by atoms with Crippen LogP contribution in [0.3, 0.4) is 0 Å². The van der Waals surface area contributed by atoms with E-state index in [1.807, 2.05) is 60.7 Å². The second kappa shape index (κ2) is 19.7. The second-order valence-corrected chi connectivity index (χ2v) is 10.1. The van der Waals surface area contributed by atoms with Gasteiger partial charge in [0.15, 0.2) is 6.29 Å². The molecule has 5 atom stereocenters. The van der Waals surface area contributed by atoms with E-state index in [1.165, 1.54) is 25.7 Å². The van der Waals surface area contributed by atoms with Gasteiger partial charge in [-0.2, -0.15) is 0 Å². The molecule has 0 bridgehead atoms. The third-order valence-corrected chi connectivity index (χ3v) is 6.87. The Labute approximate surface area is 241 Å². The largest absolute Gasteiger partial charge is 0.375 e. The quantitative estimate of drug-likeness (QED) is 0.122. The summed E-state index contributed by atoms with van der Waals surface area (Å²) in [6.45, 7) is 12.4. The zero-order valence-corrected chi connectivity index (χ0v) is 24.2. The van der Waals surface area contributed by atoms with Gasteiger partial charge >= 0.3 is 0 Å². The van der Waals surface area contributed by atoms with Gasteiger partial charge in [-0.05, 0) is 17.5 Å². The minimum absolute atomic E-state index is 0.321. The lowest BCUT2D eigenvalue weighted by Crippen LogP contribution is -2.62. The number of rotatable bonds is 21. The van der Waals surface area contributed by atoms with Crippen LogP contribution < -0.4 is 0 Å². The average Bonchev–Trinajstić information content (AvgIpc) is 2.99. The van der Waals surface area contributed by atoms with Crippen molar-refractivity contribution in [3.05, 3.63) is 97.1 Å². The van der Waals surface area contributed by atoms with Crippen molar-refractivity contribution in [3.8, 4) is 0 Å². The fourth-order valence-corrected chi connectivity index (χ4v) is 4.78. The fraction of sp³-hybridized carbons (Fsp3) is 0.529. The van der Waals surface area contributed by atoms with Crippen molar-refractivity contribution in [2.45, 2.75) is 89.4 Å². The lowest BCUT2D eigenvalue weighted by atomic mass is 9.98. The van der Waals surface area contributed by atoms with Crippen molar-refractivity contribution >= 4 is 0 Å². The van der Waals surface area contributed by atoms with E-state index < -0.39 is 30.7 Å². The lowest BCUT2D eigenvalue weighted by molar-refractivity contribution is -0.325. The number of unbranched alkanes of at least 4 members (excludes halogenated alkanes) is 5. The molecule has 1 aliphatic heterocycles. The minimum Gasteiger partial charge on any atom is -0.375 e. The molecule has 0 aromatic heterocycles. The molecule has 3 rings (SSSR count). The summed E-state index contributed by atoms with van der Waals surface area (Å²) >= 11 is 0. The summed E-state index contributed by atoms with van der Waals surface area (Å²) in [4.78, 5) is 0. The van der Waals surface area contributed by atoms with Crippen LogP contribution in [0.1, 0.15) is 56.6 Å². The van der Waals surface area contributed by atoms with Crippen LogP contribution in [-0.2, 0) is 41.6 Å². The Morgan fingerprint density at radius 2 is 1.27 bits per heavy atom. The highest BCUT2D eigenvalue weighted by molar-refractivity contribution is 5.14. The molecular weight excluding hydrogens is 504 g/mol. The maximum atomic E-state index is 6.55. The van der Waals surface area contributed by atoms with Crippen molar-refractivity contribution in [1.29, 1.82) is 0 Å². The third-order valence-electron chi connectivity index (χ3n) is 6.87. The van der Waals surface area contributed by atoms with Crippen LogP contribution in [-0.4, -0.2) is 57.1 Å². The maximum absolute atomic E-state index is 6.55. The Morgan fingerprint density at radius 3 is 1.90 bits per heavy atom. The smallest absolute Gasteiger partial charge is 0.186 e. The second-order valence-electron chi connectivity index (χ2n) is 10.1. The number of hydrogen-bond donors (Lipinski definition) is 0. The van der Waals surface area contributed by atoms with Gasteiger partial charge in [0.05, 0.1) is 33.0 Å². The Bertz CT molecular complexity index is 921. The maximum Gasteiger partial charge on any atom is 0.186 e. The van der Waals surface area contributed by atoms with Gasteiger partial charge in [0.25, 0.3) is 0 Å². The molecule has 6 nitrogen and oxygen atoms in total. The number of ether oxygens (including phenoxy) is 6. The van der Waals surface area contributed by atoms with E-state index in [4.69, 9.17) is 28.4 Å². The molecule has 0 spiro atoms. The average molecular weight is 553 g/mol. The molecule has 0 amide bonds. The van der Waals surface area contributed by atoms with Crippen LogP contribution >= 0.6 is 0 Å². The van der Waals surface area contributed by atoms with Crippen LogP contribution in [0.4, 0.5) is 0 Å². The summed E-state index contributed by atoms with van der Waals surface area (Å²) in [6.07, 6.45) is 8.14. The molecule has 0 radical (unpaired) electrons. The van der Waals surface area contributed by atoms with Crippen LogP contribution in [0.15, 0.2) is 86.0 Å². The van der Waals surface area contributed by atoms with Crippen molar-refractivity contribution in [1.82, 2.24) is 0 Å². The van der Waals surface area contributed by atoms with Crippen molar-refractivity contribution in [2.24, 2.45) is 0 Å². The molecule has 40 heavy (non-hydrogen) atoms. The summed E-state index contributed by atoms with van der Waals surface area (Å²) in [7, 11) is 0. The Morgan fingerprint density at radius 1 is 0.675 bits per heavy atom. The van der Waals surface area contributed by atoms with Gasteiger partial charge in [0, 0.05) is 6.61 Å².